The summed E-state index contributed by atoms with van der Waals surface area (Å²) < 4.78 is 39.8. The van der Waals surface area contributed by atoms with Crippen LogP contribution in [0.25, 0.3) is 0 Å². The highest BCUT2D eigenvalue weighted by Gasteiger charge is 2.36. The number of piperidine rings is 1. The highest BCUT2D eigenvalue weighted by Crippen LogP contribution is 2.27. The van der Waals surface area contributed by atoms with Gasteiger partial charge in [-0.25, -0.2) is 12.8 Å². The number of benzene rings is 2. The zero-order chi connectivity index (χ0) is 21.1. The van der Waals surface area contributed by atoms with Crippen LogP contribution < -0.4 is 5.32 Å². The molecule has 9 heteroatoms. The van der Waals surface area contributed by atoms with Gasteiger partial charge in [0.2, 0.25) is 10.0 Å². The lowest BCUT2D eigenvalue weighted by molar-refractivity contribution is -0.0480. The number of amides is 1. The Bertz CT molecular complexity index is 988. The molecule has 1 fully saturated rings. The molecule has 7 nitrogen and oxygen atoms in total. The molecule has 0 bridgehead atoms. The summed E-state index contributed by atoms with van der Waals surface area (Å²) in [6, 6.07) is 12.0. The zero-order valence-corrected chi connectivity index (χ0v) is 16.5. The summed E-state index contributed by atoms with van der Waals surface area (Å²) in [5, 5.41) is 21.9. The number of rotatable bonds is 6. The van der Waals surface area contributed by atoms with Crippen LogP contribution in [0.2, 0.25) is 0 Å². The summed E-state index contributed by atoms with van der Waals surface area (Å²) in [4.78, 5) is 12.5. The van der Waals surface area contributed by atoms with Gasteiger partial charge in [-0.05, 0) is 48.7 Å². The van der Waals surface area contributed by atoms with Crippen LogP contribution in [0.15, 0.2) is 53.4 Å². The molecule has 29 heavy (non-hydrogen) atoms. The van der Waals surface area contributed by atoms with E-state index in [1.54, 1.807) is 18.2 Å². The van der Waals surface area contributed by atoms with Gasteiger partial charge < -0.3 is 15.5 Å². The minimum Gasteiger partial charge on any atom is -0.393 e. The topological polar surface area (TPSA) is 107 Å². The summed E-state index contributed by atoms with van der Waals surface area (Å²) in [5.41, 5.74) is -0.271. The number of sulfonamides is 1. The Morgan fingerprint density at radius 1 is 1.14 bits per heavy atom. The van der Waals surface area contributed by atoms with E-state index >= 15 is 0 Å². The third-order valence-corrected chi connectivity index (χ3v) is 6.92. The van der Waals surface area contributed by atoms with Crippen LogP contribution in [-0.2, 0) is 16.7 Å². The number of halogens is 1. The van der Waals surface area contributed by atoms with Crippen molar-refractivity contribution in [3.63, 3.8) is 0 Å². The molecular weight excluding hydrogens is 399 g/mol. The summed E-state index contributed by atoms with van der Waals surface area (Å²) in [6.45, 7) is -0.920. The van der Waals surface area contributed by atoms with E-state index in [0.29, 0.717) is 11.3 Å². The predicted molar refractivity (Wildman–Crippen MR) is 106 cm³/mol. The first-order valence-electron chi connectivity index (χ1n) is 9.17. The number of hydrogen-bond acceptors (Lipinski definition) is 5. The lowest BCUT2D eigenvalue weighted by atomic mass is 9.94. The lowest BCUT2D eigenvalue weighted by Crippen LogP contribution is -2.48. The fourth-order valence-corrected chi connectivity index (χ4v) is 4.67. The number of carbonyl (C=O) groups excluding carboxylic acids is 1. The van der Waals surface area contributed by atoms with E-state index in [-0.39, 0.29) is 36.4 Å². The Hall–Kier alpha value is -2.33. The van der Waals surface area contributed by atoms with Crippen molar-refractivity contribution in [2.75, 3.05) is 25.0 Å². The molecule has 0 aliphatic carbocycles. The molecule has 1 aliphatic rings. The van der Waals surface area contributed by atoms with Crippen molar-refractivity contribution < 1.29 is 27.8 Å². The van der Waals surface area contributed by atoms with Crippen molar-refractivity contribution in [2.45, 2.75) is 30.0 Å². The van der Waals surface area contributed by atoms with Gasteiger partial charge >= 0.3 is 0 Å². The van der Waals surface area contributed by atoms with Gasteiger partial charge in [0.05, 0.1) is 17.1 Å². The molecule has 3 rings (SSSR count). The lowest BCUT2D eigenvalue weighted by Gasteiger charge is -2.36. The molecule has 0 atom stereocenters. The second-order valence-electron chi connectivity index (χ2n) is 7.10. The SMILES string of the molecule is O=C(Nc1cccc(CF)c1)c1cccc(S(=O)(=O)N2CCC(O)(CO)CC2)c1. The summed E-state index contributed by atoms with van der Waals surface area (Å²) in [6.07, 6.45) is 0.266. The first-order valence-corrected chi connectivity index (χ1v) is 10.6. The maximum absolute atomic E-state index is 12.9. The number of alkyl halides is 1. The number of anilines is 1. The normalized spacial score (nSPS) is 17.1. The number of aliphatic hydroxyl groups is 2. The first-order chi connectivity index (χ1) is 13.8. The fraction of sp³-hybridized carbons (Fsp3) is 0.350. The number of nitrogens with one attached hydrogen (secondary N) is 1. The Kier molecular flexibility index (Phi) is 6.33. The standard InChI is InChI=1S/C20H23FN2O5S/c21-13-15-3-1-5-17(11-15)22-19(25)16-4-2-6-18(12-16)29(27,28)23-9-7-20(26,14-24)8-10-23/h1-6,11-12,24,26H,7-10,13-14H2,(H,22,25). The van der Waals surface area contributed by atoms with Gasteiger partial charge in [-0.15, -0.1) is 0 Å². The Balaban J connectivity index is 1.77. The quantitative estimate of drug-likeness (QED) is 0.659. The number of aliphatic hydroxyl groups excluding tert-OH is 1. The number of nitrogens with zero attached hydrogens (tertiary/aromatic N) is 1. The second kappa shape index (κ2) is 8.58. The van der Waals surface area contributed by atoms with Crippen LogP contribution in [0.5, 0.6) is 0 Å². The molecule has 1 amide bonds. The van der Waals surface area contributed by atoms with Crippen LogP contribution in [0.1, 0.15) is 28.8 Å². The molecule has 0 spiro atoms. The van der Waals surface area contributed by atoms with Crippen LogP contribution in [0.4, 0.5) is 10.1 Å². The van der Waals surface area contributed by atoms with E-state index in [4.69, 9.17) is 0 Å². The third-order valence-electron chi connectivity index (χ3n) is 5.02. The van der Waals surface area contributed by atoms with E-state index in [1.165, 1.54) is 34.6 Å². The Labute approximate surface area is 168 Å². The summed E-state index contributed by atoms with van der Waals surface area (Å²) in [5.74, 6) is -0.508. The Morgan fingerprint density at radius 2 is 1.83 bits per heavy atom. The summed E-state index contributed by atoms with van der Waals surface area (Å²) in [7, 11) is -3.85. The van der Waals surface area contributed by atoms with Gasteiger partial charge in [-0.1, -0.05) is 18.2 Å². The molecule has 0 aromatic heterocycles. The largest absolute Gasteiger partial charge is 0.393 e. The molecule has 1 heterocycles. The molecule has 0 saturated carbocycles. The monoisotopic (exact) mass is 422 g/mol. The van der Waals surface area contributed by atoms with Gasteiger partial charge in [0.1, 0.15) is 6.67 Å². The van der Waals surface area contributed by atoms with E-state index in [1.807, 2.05) is 0 Å². The molecule has 0 unspecified atom stereocenters. The van der Waals surface area contributed by atoms with E-state index in [2.05, 4.69) is 5.32 Å². The molecule has 0 radical (unpaired) electrons. The van der Waals surface area contributed by atoms with E-state index < -0.39 is 34.8 Å². The average molecular weight is 422 g/mol. The minimum atomic E-state index is -3.85. The molecule has 2 aromatic carbocycles. The van der Waals surface area contributed by atoms with Crippen molar-refractivity contribution >= 4 is 21.6 Å². The molecular formula is C20H23FN2O5S. The maximum Gasteiger partial charge on any atom is 0.255 e. The van der Waals surface area contributed by atoms with Crippen LogP contribution >= 0.6 is 0 Å². The molecule has 3 N–H and O–H groups in total. The van der Waals surface area contributed by atoms with Crippen molar-refractivity contribution in [1.29, 1.82) is 0 Å². The molecule has 1 saturated heterocycles. The molecule has 1 aliphatic heterocycles. The van der Waals surface area contributed by atoms with Gasteiger partial charge in [-0.3, -0.25) is 4.79 Å². The van der Waals surface area contributed by atoms with Gasteiger partial charge in [0.25, 0.3) is 5.91 Å². The van der Waals surface area contributed by atoms with Gasteiger partial charge in [-0.2, -0.15) is 4.31 Å². The van der Waals surface area contributed by atoms with Crippen molar-refractivity contribution in [3.8, 4) is 0 Å². The number of hydrogen-bond donors (Lipinski definition) is 3. The van der Waals surface area contributed by atoms with Gasteiger partial charge in [0.15, 0.2) is 0 Å². The first kappa shape index (κ1) is 21.4. The zero-order valence-electron chi connectivity index (χ0n) is 15.7. The number of carbonyl (C=O) groups is 1. The van der Waals surface area contributed by atoms with Crippen LogP contribution in [0.3, 0.4) is 0 Å². The van der Waals surface area contributed by atoms with Crippen molar-refractivity contribution in [3.05, 3.63) is 59.7 Å². The van der Waals surface area contributed by atoms with Gasteiger partial charge in [0, 0.05) is 24.3 Å². The highest BCUT2D eigenvalue weighted by atomic mass is 32.2. The highest BCUT2D eigenvalue weighted by molar-refractivity contribution is 7.89. The second-order valence-corrected chi connectivity index (χ2v) is 9.04. The molecule has 156 valence electrons. The Morgan fingerprint density at radius 3 is 2.48 bits per heavy atom. The summed E-state index contributed by atoms with van der Waals surface area (Å²) >= 11 is 0. The van der Waals surface area contributed by atoms with E-state index in [0.717, 1.165) is 0 Å². The average Bonchev–Trinajstić information content (AvgIpc) is 2.74. The smallest absolute Gasteiger partial charge is 0.255 e. The van der Waals surface area contributed by atoms with Crippen molar-refractivity contribution in [2.24, 2.45) is 0 Å². The van der Waals surface area contributed by atoms with E-state index in [9.17, 15) is 27.8 Å². The maximum atomic E-state index is 12.9. The fourth-order valence-electron chi connectivity index (χ4n) is 3.18. The molecule has 2 aromatic rings. The predicted octanol–water partition coefficient (Wildman–Crippen LogP) is 1.92. The minimum absolute atomic E-state index is 0.0305. The third kappa shape index (κ3) is 4.81. The van der Waals surface area contributed by atoms with Crippen LogP contribution in [-0.4, -0.2) is 54.1 Å². The van der Waals surface area contributed by atoms with Crippen LogP contribution in [0, 0.1) is 0 Å². The van der Waals surface area contributed by atoms with Crippen molar-refractivity contribution in [1.82, 2.24) is 4.31 Å².